The highest BCUT2D eigenvalue weighted by Gasteiger charge is 2.37. The maximum Gasteiger partial charge on any atom is 0.417 e. The Balaban J connectivity index is 0.943. The number of aromatic nitrogens is 1. The van der Waals surface area contributed by atoms with Crippen molar-refractivity contribution in [2.24, 2.45) is 0 Å². The zero-order chi connectivity index (χ0) is 40.9. The number of oxazole rings is 1. The van der Waals surface area contributed by atoms with Crippen molar-refractivity contribution in [3.8, 4) is 0 Å². The van der Waals surface area contributed by atoms with E-state index in [1.54, 1.807) is 30.0 Å². The van der Waals surface area contributed by atoms with E-state index in [0.29, 0.717) is 75.3 Å². The molecule has 0 bridgehead atoms. The smallest absolute Gasteiger partial charge is 0.417 e. The number of benzene rings is 2. The van der Waals surface area contributed by atoms with Gasteiger partial charge in [-0.1, -0.05) is 24.3 Å². The van der Waals surface area contributed by atoms with Crippen molar-refractivity contribution in [1.29, 1.82) is 0 Å². The third kappa shape index (κ3) is 9.64. The molecule has 0 aliphatic carbocycles. The highest BCUT2D eigenvalue weighted by Crippen LogP contribution is 2.27. The van der Waals surface area contributed by atoms with E-state index in [1.165, 1.54) is 4.90 Å². The summed E-state index contributed by atoms with van der Waals surface area (Å²) in [5.41, 5.74) is 4.35. The average molecular weight is 803 g/mol. The van der Waals surface area contributed by atoms with Gasteiger partial charge in [0.2, 0.25) is 0 Å². The molecule has 0 saturated carbocycles. The van der Waals surface area contributed by atoms with Crippen LogP contribution in [-0.2, 0) is 36.7 Å². The lowest BCUT2D eigenvalue weighted by Crippen LogP contribution is -2.55. The number of esters is 1. The van der Waals surface area contributed by atoms with Crippen LogP contribution in [0.5, 0.6) is 0 Å². The van der Waals surface area contributed by atoms with Crippen LogP contribution in [0.4, 0.5) is 15.3 Å². The van der Waals surface area contributed by atoms with Crippen molar-refractivity contribution in [3.63, 3.8) is 0 Å². The van der Waals surface area contributed by atoms with Crippen LogP contribution >= 0.6 is 0 Å². The lowest BCUT2D eigenvalue weighted by Gasteiger charge is -2.43. The summed E-state index contributed by atoms with van der Waals surface area (Å²) in [5.74, 6) is -1.53. The number of para-hydroxylation sites is 1. The summed E-state index contributed by atoms with van der Waals surface area (Å²) in [6.07, 6.45) is 1.85. The van der Waals surface area contributed by atoms with E-state index in [9.17, 15) is 28.8 Å². The Bertz CT molecular complexity index is 2040. The topological polar surface area (TPSA) is 181 Å². The van der Waals surface area contributed by atoms with Gasteiger partial charge in [0.25, 0.3) is 11.8 Å². The molecule has 17 heteroatoms. The maximum atomic E-state index is 14.3. The number of carbonyl (C=O) groups is 5. The molecule has 0 unspecified atom stereocenters. The van der Waals surface area contributed by atoms with E-state index >= 15 is 0 Å². The first-order valence-electron chi connectivity index (χ1n) is 20.3. The molecule has 3 aromatic rings. The van der Waals surface area contributed by atoms with Crippen molar-refractivity contribution >= 4 is 46.7 Å². The van der Waals surface area contributed by atoms with Crippen LogP contribution in [0.3, 0.4) is 0 Å². The number of H-pyrrole nitrogens is 1. The average Bonchev–Trinajstić information content (AvgIpc) is 3.52. The van der Waals surface area contributed by atoms with Crippen molar-refractivity contribution in [1.82, 2.24) is 34.4 Å². The van der Waals surface area contributed by atoms with E-state index in [4.69, 9.17) is 13.9 Å². The number of amides is 5. The first kappa shape index (κ1) is 40.8. The largest absolute Gasteiger partial charge is 0.455 e. The number of hydrogen-bond acceptors (Lipinski definition) is 11. The highest BCUT2D eigenvalue weighted by atomic mass is 16.6. The molecule has 5 amide bonds. The van der Waals surface area contributed by atoms with Gasteiger partial charge in [0.15, 0.2) is 18.3 Å². The van der Waals surface area contributed by atoms with E-state index < -0.39 is 23.9 Å². The molecule has 17 nitrogen and oxygen atoms in total. The fourth-order valence-corrected chi connectivity index (χ4v) is 8.54. The summed E-state index contributed by atoms with van der Waals surface area (Å²) in [6, 6.07) is 11.5. The molecule has 312 valence electrons. The highest BCUT2D eigenvalue weighted by molar-refractivity contribution is 5.91. The Morgan fingerprint density at radius 1 is 0.879 bits per heavy atom. The molecule has 1 aromatic heterocycles. The summed E-state index contributed by atoms with van der Waals surface area (Å²) >= 11 is 0. The molecule has 3 fully saturated rings. The Morgan fingerprint density at radius 3 is 2.29 bits per heavy atom. The molecule has 1 atom stereocenters. The normalized spacial score (nSPS) is 19.3. The van der Waals surface area contributed by atoms with Crippen molar-refractivity contribution in [2.45, 2.75) is 63.6 Å². The predicted octanol–water partition coefficient (Wildman–Crippen LogP) is 2.27. The minimum absolute atomic E-state index is 0.0349. The van der Waals surface area contributed by atoms with E-state index in [1.807, 2.05) is 47.1 Å². The molecule has 5 heterocycles. The number of fused-ring (bicyclic) bond motifs is 2. The lowest BCUT2D eigenvalue weighted by atomic mass is 9.99. The first-order chi connectivity index (χ1) is 27.9. The molecule has 0 radical (unpaired) electrons. The molecule has 2 N–H and O–H groups in total. The molecular formula is C41H54N8O9. The number of likely N-dealkylation sites (N-methyl/N-ethyl adjacent to an activating group) is 1. The SMILES string of the molecule is Cc1cc(C[C@@H](OC(=O)N2CCC(N3CCc4ccccc4NC3=O)CC2)C(=O)N2CCC(N3CCN(CC(=O)OCC(=O)N(C)C)CC3)CC2)cc2oc(=O)[nH]c12. The molecule has 0 spiro atoms. The number of aryl methyl sites for hydroxylation is 1. The number of rotatable bonds is 10. The summed E-state index contributed by atoms with van der Waals surface area (Å²) in [4.78, 5) is 91.0. The summed E-state index contributed by atoms with van der Waals surface area (Å²) < 4.78 is 16.6. The van der Waals surface area contributed by atoms with Gasteiger partial charge in [0.05, 0.1) is 12.1 Å². The molecule has 2 aromatic carbocycles. The number of urea groups is 1. The third-order valence-electron chi connectivity index (χ3n) is 11.9. The van der Waals surface area contributed by atoms with Crippen LogP contribution in [0.1, 0.15) is 42.4 Å². The molecule has 3 saturated heterocycles. The predicted molar refractivity (Wildman–Crippen MR) is 213 cm³/mol. The number of ether oxygens (including phenoxy) is 2. The maximum absolute atomic E-state index is 14.3. The van der Waals surface area contributed by atoms with Crippen LogP contribution in [0.2, 0.25) is 0 Å². The number of piperazine rings is 1. The van der Waals surface area contributed by atoms with E-state index in [-0.39, 0.29) is 49.5 Å². The number of hydrogen-bond donors (Lipinski definition) is 2. The fourth-order valence-electron chi connectivity index (χ4n) is 8.54. The first-order valence-corrected chi connectivity index (χ1v) is 20.3. The lowest BCUT2D eigenvalue weighted by molar-refractivity contribution is -0.152. The van der Waals surface area contributed by atoms with Gasteiger partial charge in [-0.05, 0) is 67.9 Å². The summed E-state index contributed by atoms with van der Waals surface area (Å²) in [7, 11) is 3.23. The standard InChI is InChI=1S/C41H54N8O9/c1-27-22-28(23-33-37(27)43-40(54)57-33)24-34(58-41(55)48-15-11-31(12-16-48)49-17-8-29-6-4-5-7-32(29)42-39(49)53)38(52)47-13-9-30(10-14-47)46-20-18-45(19-21-46)25-36(51)56-26-35(50)44(2)3/h4-7,22-23,30-31,34H,8-21,24-26H2,1-3H3,(H,42,53)(H,43,54)/t34-/m1/s1. The summed E-state index contributed by atoms with van der Waals surface area (Å²) in [5, 5.41) is 3.04. The van der Waals surface area contributed by atoms with Gasteiger partial charge in [0.1, 0.15) is 0 Å². The van der Waals surface area contributed by atoms with Gasteiger partial charge in [-0.15, -0.1) is 0 Å². The fraction of sp³-hybridized carbons (Fsp3) is 0.561. The van der Waals surface area contributed by atoms with Gasteiger partial charge in [-0.3, -0.25) is 29.2 Å². The summed E-state index contributed by atoms with van der Waals surface area (Å²) in [6.45, 7) is 7.00. The molecule has 4 aliphatic heterocycles. The second-order valence-corrected chi connectivity index (χ2v) is 15.9. The zero-order valence-corrected chi connectivity index (χ0v) is 33.6. The van der Waals surface area contributed by atoms with Gasteiger partial charge >= 0.3 is 23.8 Å². The second kappa shape index (κ2) is 18.0. The van der Waals surface area contributed by atoms with Crippen molar-refractivity contribution in [3.05, 3.63) is 63.6 Å². The Morgan fingerprint density at radius 2 is 1.57 bits per heavy atom. The van der Waals surface area contributed by atoms with Gasteiger partial charge in [-0.2, -0.15) is 0 Å². The second-order valence-electron chi connectivity index (χ2n) is 15.9. The minimum Gasteiger partial charge on any atom is -0.455 e. The number of anilines is 1. The number of nitrogens with one attached hydrogen (secondary N) is 2. The molecule has 58 heavy (non-hydrogen) atoms. The zero-order valence-electron chi connectivity index (χ0n) is 33.6. The third-order valence-corrected chi connectivity index (χ3v) is 11.9. The monoisotopic (exact) mass is 802 g/mol. The van der Waals surface area contributed by atoms with Crippen LogP contribution < -0.4 is 11.1 Å². The van der Waals surface area contributed by atoms with Gasteiger partial charge in [-0.25, -0.2) is 14.4 Å². The van der Waals surface area contributed by atoms with Gasteiger partial charge in [0, 0.05) is 97.2 Å². The minimum atomic E-state index is -1.10. The number of likely N-dealkylation sites (tertiary alicyclic amines) is 2. The van der Waals surface area contributed by atoms with E-state index in [2.05, 4.69) is 15.2 Å². The molecule has 7 rings (SSSR count). The van der Waals surface area contributed by atoms with Crippen LogP contribution in [0, 0.1) is 6.92 Å². The van der Waals surface area contributed by atoms with Crippen LogP contribution in [0.15, 0.2) is 45.6 Å². The van der Waals surface area contributed by atoms with Crippen molar-refractivity contribution in [2.75, 3.05) is 91.5 Å². The van der Waals surface area contributed by atoms with Crippen LogP contribution in [0.25, 0.3) is 11.1 Å². The quantitative estimate of drug-likeness (QED) is 0.287. The van der Waals surface area contributed by atoms with Gasteiger partial charge < -0.3 is 38.8 Å². The van der Waals surface area contributed by atoms with E-state index in [0.717, 1.165) is 49.2 Å². The number of nitrogens with zero attached hydrogens (tertiary/aromatic N) is 6. The van der Waals surface area contributed by atoms with Crippen molar-refractivity contribution < 1.29 is 37.9 Å². The molecule has 4 aliphatic rings. The Kier molecular flexibility index (Phi) is 12.7. The Hall–Kier alpha value is -5.42. The number of aromatic amines is 1. The van der Waals surface area contributed by atoms with Crippen LogP contribution in [-0.4, -0.2) is 169 Å². The molecular weight excluding hydrogens is 748 g/mol. The Labute approximate surface area is 337 Å². The number of carbonyl (C=O) groups excluding carboxylic acids is 5. The number of piperidine rings is 2.